The maximum atomic E-state index is 12.7. The molecule has 2 amide bonds. The molecule has 1 N–H and O–H groups in total. The van der Waals surface area contributed by atoms with Gasteiger partial charge in [0.1, 0.15) is 17.8 Å². The minimum absolute atomic E-state index is 0.0427. The number of carbonyl (C=O) groups excluding carboxylic acids is 2. The molecule has 7 heteroatoms. The number of piperazine rings is 2. The van der Waals surface area contributed by atoms with Crippen LogP contribution in [0.1, 0.15) is 25.0 Å². The zero-order chi connectivity index (χ0) is 19.6. The van der Waals surface area contributed by atoms with E-state index in [1.54, 1.807) is 19.1 Å². The Labute approximate surface area is 160 Å². The fourth-order valence-corrected chi connectivity index (χ4v) is 3.87. The normalized spacial score (nSPS) is 23.4. The highest BCUT2D eigenvalue weighted by molar-refractivity contribution is 5.97. The summed E-state index contributed by atoms with van der Waals surface area (Å²) in [6.07, 6.45) is 0. The second-order valence-corrected chi connectivity index (χ2v) is 7.59. The molecule has 27 heavy (non-hydrogen) atoms. The Hall–Kier alpha value is -2.12. The summed E-state index contributed by atoms with van der Waals surface area (Å²) in [4.78, 5) is 29.2. The smallest absolute Gasteiger partial charge is 0.246 e. The molecule has 2 aliphatic rings. The van der Waals surface area contributed by atoms with Gasteiger partial charge in [-0.3, -0.25) is 14.5 Å². The largest absolute Gasteiger partial charge is 0.496 e. The predicted molar refractivity (Wildman–Crippen MR) is 101 cm³/mol. The SMILES string of the molecule is COCc1cc(CN2CCN3C(=O)[C@@H](C(C)C)NC(=O)[C@H]3C2)ccc1OC. The van der Waals surface area contributed by atoms with Gasteiger partial charge in [0.25, 0.3) is 0 Å². The first-order valence-corrected chi connectivity index (χ1v) is 9.42. The van der Waals surface area contributed by atoms with Crippen LogP contribution < -0.4 is 10.1 Å². The second kappa shape index (κ2) is 8.27. The fourth-order valence-electron chi connectivity index (χ4n) is 3.87. The van der Waals surface area contributed by atoms with E-state index in [9.17, 15) is 9.59 Å². The van der Waals surface area contributed by atoms with Crippen LogP contribution in [-0.2, 0) is 27.5 Å². The van der Waals surface area contributed by atoms with Crippen molar-refractivity contribution < 1.29 is 19.1 Å². The number of nitrogens with one attached hydrogen (secondary N) is 1. The zero-order valence-electron chi connectivity index (χ0n) is 16.5. The first kappa shape index (κ1) is 19.6. The van der Waals surface area contributed by atoms with Crippen molar-refractivity contribution in [3.63, 3.8) is 0 Å². The number of benzene rings is 1. The lowest BCUT2D eigenvalue weighted by molar-refractivity contribution is -0.154. The first-order valence-electron chi connectivity index (χ1n) is 9.42. The highest BCUT2D eigenvalue weighted by Gasteiger charge is 2.44. The lowest BCUT2D eigenvalue weighted by Gasteiger charge is -2.46. The molecule has 1 aromatic carbocycles. The van der Waals surface area contributed by atoms with Gasteiger partial charge in [-0.25, -0.2) is 0 Å². The van der Waals surface area contributed by atoms with Crippen LogP contribution in [0.3, 0.4) is 0 Å². The van der Waals surface area contributed by atoms with E-state index < -0.39 is 12.1 Å². The molecule has 3 rings (SSSR count). The standard InChI is InChI=1S/C20H29N3O4/c1-13(2)18-20(25)23-8-7-22(11-16(23)19(24)21-18)10-14-5-6-17(27-4)15(9-14)12-26-3/h5-6,9,13,16,18H,7-8,10-12H2,1-4H3,(H,21,24)/t16-,18-/m1/s1. The van der Waals surface area contributed by atoms with E-state index in [-0.39, 0.29) is 17.7 Å². The summed E-state index contributed by atoms with van der Waals surface area (Å²) in [7, 11) is 3.31. The predicted octanol–water partition coefficient (Wildman–Crippen LogP) is 1.01. The van der Waals surface area contributed by atoms with Gasteiger partial charge in [0, 0.05) is 38.9 Å². The Morgan fingerprint density at radius 1 is 1.22 bits per heavy atom. The van der Waals surface area contributed by atoms with E-state index in [1.807, 2.05) is 26.0 Å². The summed E-state index contributed by atoms with van der Waals surface area (Å²) in [5, 5.41) is 2.90. The van der Waals surface area contributed by atoms with Crippen LogP contribution >= 0.6 is 0 Å². The third-order valence-corrected chi connectivity index (χ3v) is 5.33. The van der Waals surface area contributed by atoms with E-state index in [0.29, 0.717) is 19.7 Å². The van der Waals surface area contributed by atoms with E-state index in [1.165, 1.54) is 0 Å². The summed E-state index contributed by atoms with van der Waals surface area (Å²) < 4.78 is 10.6. The van der Waals surface area contributed by atoms with E-state index in [0.717, 1.165) is 30.0 Å². The molecule has 0 aromatic heterocycles. The summed E-state index contributed by atoms with van der Waals surface area (Å²) in [5.41, 5.74) is 2.14. The molecule has 7 nitrogen and oxygen atoms in total. The third kappa shape index (κ3) is 4.09. The van der Waals surface area contributed by atoms with Crippen LogP contribution in [0.5, 0.6) is 5.75 Å². The van der Waals surface area contributed by atoms with Crippen molar-refractivity contribution in [1.82, 2.24) is 15.1 Å². The van der Waals surface area contributed by atoms with Gasteiger partial charge >= 0.3 is 0 Å². The Morgan fingerprint density at radius 3 is 2.67 bits per heavy atom. The van der Waals surface area contributed by atoms with Crippen LogP contribution in [0.2, 0.25) is 0 Å². The van der Waals surface area contributed by atoms with Crippen molar-refractivity contribution >= 4 is 11.8 Å². The first-order chi connectivity index (χ1) is 12.9. The minimum Gasteiger partial charge on any atom is -0.496 e. The van der Waals surface area contributed by atoms with Gasteiger partial charge in [0.05, 0.1) is 13.7 Å². The number of methoxy groups -OCH3 is 2. The minimum atomic E-state index is -0.405. The summed E-state index contributed by atoms with van der Waals surface area (Å²) in [6.45, 7) is 7.02. The quantitative estimate of drug-likeness (QED) is 0.804. The van der Waals surface area contributed by atoms with Crippen molar-refractivity contribution in [3.05, 3.63) is 29.3 Å². The Morgan fingerprint density at radius 2 is 2.00 bits per heavy atom. The molecule has 0 radical (unpaired) electrons. The maximum Gasteiger partial charge on any atom is 0.246 e. The average Bonchev–Trinajstić information content (AvgIpc) is 2.65. The molecular weight excluding hydrogens is 346 g/mol. The number of rotatable bonds is 6. The fraction of sp³-hybridized carbons (Fsp3) is 0.600. The van der Waals surface area contributed by atoms with Crippen LogP contribution in [0.4, 0.5) is 0 Å². The van der Waals surface area contributed by atoms with Gasteiger partial charge < -0.3 is 19.7 Å². The summed E-state index contributed by atoms with van der Waals surface area (Å²) >= 11 is 0. The van der Waals surface area contributed by atoms with Gasteiger partial charge in [-0.05, 0) is 23.6 Å². The van der Waals surface area contributed by atoms with Crippen molar-refractivity contribution in [1.29, 1.82) is 0 Å². The number of nitrogens with zero attached hydrogens (tertiary/aromatic N) is 2. The monoisotopic (exact) mass is 375 g/mol. The number of hydrogen-bond acceptors (Lipinski definition) is 5. The van der Waals surface area contributed by atoms with E-state index in [2.05, 4.69) is 16.3 Å². The Bertz CT molecular complexity index is 706. The van der Waals surface area contributed by atoms with Crippen LogP contribution in [0.15, 0.2) is 18.2 Å². The lowest BCUT2D eigenvalue weighted by atomic mass is 9.96. The summed E-state index contributed by atoms with van der Waals surface area (Å²) in [5.74, 6) is 0.898. The molecule has 148 valence electrons. The highest BCUT2D eigenvalue weighted by Crippen LogP contribution is 2.24. The van der Waals surface area contributed by atoms with E-state index >= 15 is 0 Å². The van der Waals surface area contributed by atoms with Gasteiger partial charge in [0.2, 0.25) is 11.8 Å². The number of amides is 2. The molecule has 2 saturated heterocycles. The van der Waals surface area contributed by atoms with Gasteiger partial charge in [-0.2, -0.15) is 0 Å². The van der Waals surface area contributed by atoms with Crippen LogP contribution in [0, 0.1) is 5.92 Å². The number of ether oxygens (including phenoxy) is 2. The van der Waals surface area contributed by atoms with Gasteiger partial charge in [-0.1, -0.05) is 19.9 Å². The number of fused-ring (bicyclic) bond motifs is 1. The lowest BCUT2D eigenvalue weighted by Crippen LogP contribution is -2.70. The second-order valence-electron chi connectivity index (χ2n) is 7.59. The van der Waals surface area contributed by atoms with Crippen LogP contribution in [0.25, 0.3) is 0 Å². The third-order valence-electron chi connectivity index (χ3n) is 5.33. The van der Waals surface area contributed by atoms with Gasteiger partial charge in [0.15, 0.2) is 0 Å². The molecule has 0 unspecified atom stereocenters. The highest BCUT2D eigenvalue weighted by atomic mass is 16.5. The number of carbonyl (C=O) groups is 2. The zero-order valence-corrected chi connectivity index (χ0v) is 16.5. The van der Waals surface area contributed by atoms with Gasteiger partial charge in [-0.15, -0.1) is 0 Å². The molecule has 2 atom stereocenters. The molecule has 0 aliphatic carbocycles. The maximum absolute atomic E-state index is 12.7. The molecule has 0 bridgehead atoms. The topological polar surface area (TPSA) is 71.1 Å². The molecule has 0 spiro atoms. The molecule has 1 aromatic rings. The van der Waals surface area contributed by atoms with E-state index in [4.69, 9.17) is 9.47 Å². The van der Waals surface area contributed by atoms with Crippen molar-refractivity contribution in [2.24, 2.45) is 5.92 Å². The molecule has 0 saturated carbocycles. The van der Waals surface area contributed by atoms with Crippen molar-refractivity contribution in [2.75, 3.05) is 33.9 Å². The number of hydrogen-bond donors (Lipinski definition) is 1. The molecule has 2 fully saturated rings. The molecule has 2 aliphatic heterocycles. The summed E-state index contributed by atoms with van der Waals surface area (Å²) in [6, 6.07) is 5.25. The molecular formula is C20H29N3O4. The van der Waals surface area contributed by atoms with Crippen molar-refractivity contribution in [3.8, 4) is 5.75 Å². The van der Waals surface area contributed by atoms with Crippen LogP contribution in [-0.4, -0.2) is 67.6 Å². The Kier molecular flexibility index (Phi) is 6.01. The van der Waals surface area contributed by atoms with Crippen molar-refractivity contribution in [2.45, 2.75) is 39.1 Å². The molecule has 2 heterocycles. The Balaban J connectivity index is 1.69. The average molecular weight is 375 g/mol.